The summed E-state index contributed by atoms with van der Waals surface area (Å²) in [6, 6.07) is 0. The van der Waals surface area contributed by atoms with Gasteiger partial charge in [0.2, 0.25) is 0 Å². The minimum Gasteiger partial charge on any atom is -0.462 e. The normalized spacial score (nSPS) is 12.6. The number of ether oxygens (including phenoxy) is 3. The Morgan fingerprint density at radius 2 is 0.569 bits per heavy atom. The summed E-state index contributed by atoms with van der Waals surface area (Å²) in [7, 11) is 0. The first kappa shape index (κ1) is 61.9. The summed E-state index contributed by atoms with van der Waals surface area (Å²) in [5, 5.41) is 0. The van der Waals surface area contributed by atoms with E-state index in [1.54, 1.807) is 0 Å². The van der Waals surface area contributed by atoms with Crippen LogP contribution in [-0.4, -0.2) is 37.2 Å². The highest BCUT2D eigenvalue weighted by atomic mass is 16.6. The van der Waals surface area contributed by atoms with Crippen molar-refractivity contribution in [3.63, 3.8) is 0 Å². The quantitative estimate of drug-likeness (QED) is 0.0262. The van der Waals surface area contributed by atoms with E-state index in [-0.39, 0.29) is 37.5 Å². The average Bonchev–Trinajstić information content (AvgIpc) is 3.30. The van der Waals surface area contributed by atoms with Crippen LogP contribution in [0.15, 0.2) is 72.9 Å². The van der Waals surface area contributed by atoms with Gasteiger partial charge in [-0.1, -0.05) is 229 Å². The maximum Gasteiger partial charge on any atom is 0.306 e. The Bertz CT molecular complexity index is 1230. The van der Waals surface area contributed by atoms with Crippen LogP contribution in [0.1, 0.15) is 265 Å². The molecule has 0 unspecified atom stereocenters. The molecule has 1 atom stereocenters. The van der Waals surface area contributed by atoms with Crippen LogP contribution in [0.2, 0.25) is 0 Å². The first-order chi connectivity index (χ1) is 32.0. The topological polar surface area (TPSA) is 78.9 Å². The molecule has 0 aromatic heterocycles. The van der Waals surface area contributed by atoms with Crippen LogP contribution in [0.5, 0.6) is 0 Å². The maximum atomic E-state index is 12.8. The molecule has 0 radical (unpaired) electrons. The van der Waals surface area contributed by atoms with E-state index in [2.05, 4.69) is 93.7 Å². The predicted molar refractivity (Wildman–Crippen MR) is 279 cm³/mol. The smallest absolute Gasteiger partial charge is 0.306 e. The number of carbonyl (C=O) groups excluding carboxylic acids is 3. The molecule has 374 valence electrons. The van der Waals surface area contributed by atoms with Crippen molar-refractivity contribution >= 4 is 17.9 Å². The fraction of sp³-hybridized carbons (Fsp3) is 0.746. The van der Waals surface area contributed by atoms with E-state index in [0.29, 0.717) is 19.3 Å². The molecular weight excluding hydrogens is 805 g/mol. The van der Waals surface area contributed by atoms with Crippen LogP contribution >= 0.6 is 0 Å². The molecule has 0 spiro atoms. The number of unbranched alkanes of at least 4 members (excludes halogenated alkanes) is 26. The van der Waals surface area contributed by atoms with Gasteiger partial charge in [-0.3, -0.25) is 14.4 Å². The third kappa shape index (κ3) is 51.7. The minimum atomic E-state index is -0.815. The van der Waals surface area contributed by atoms with Gasteiger partial charge < -0.3 is 14.2 Å². The van der Waals surface area contributed by atoms with Crippen molar-refractivity contribution in [3.8, 4) is 0 Å². The highest BCUT2D eigenvalue weighted by Crippen LogP contribution is 2.15. The molecule has 0 amide bonds. The van der Waals surface area contributed by atoms with Crippen LogP contribution in [0.3, 0.4) is 0 Å². The van der Waals surface area contributed by atoms with Crippen molar-refractivity contribution in [2.75, 3.05) is 13.2 Å². The third-order valence-electron chi connectivity index (χ3n) is 11.7. The van der Waals surface area contributed by atoms with Crippen molar-refractivity contribution in [1.82, 2.24) is 0 Å². The number of carbonyl (C=O) groups is 3. The molecule has 0 aliphatic rings. The van der Waals surface area contributed by atoms with Crippen LogP contribution in [0.25, 0.3) is 0 Å². The standard InChI is InChI=1S/C59H102O6/c1-4-7-10-13-16-19-22-25-28-29-32-35-38-41-44-47-50-53-59(62)65-56(54-63-57(60)51-48-45-42-39-36-33-30-26-23-20-17-14-11-8-5-2)55-64-58(61)52-49-46-43-40-37-34-31-27-24-21-18-15-12-9-6-3/h17,20,25-26,28,30,32,35-36,39,41,44,56H,4-16,18-19,21-24,27,29,31,33-34,37-38,40,42-43,45-55H2,1-3H3/b20-17-,28-25-,30-26-,35-32-,39-36-,44-41-/t56-/m1/s1. The van der Waals surface area contributed by atoms with Gasteiger partial charge in [-0.15, -0.1) is 0 Å². The zero-order valence-corrected chi connectivity index (χ0v) is 42.7. The average molecular weight is 907 g/mol. The Balaban J connectivity index is 4.51. The van der Waals surface area contributed by atoms with Crippen LogP contribution < -0.4 is 0 Å². The second-order valence-electron chi connectivity index (χ2n) is 18.1. The van der Waals surface area contributed by atoms with Gasteiger partial charge in [0, 0.05) is 19.3 Å². The second kappa shape index (κ2) is 53.5. The van der Waals surface area contributed by atoms with Gasteiger partial charge >= 0.3 is 17.9 Å². The fourth-order valence-electron chi connectivity index (χ4n) is 7.52. The van der Waals surface area contributed by atoms with Gasteiger partial charge in [0.1, 0.15) is 13.2 Å². The number of hydrogen-bond acceptors (Lipinski definition) is 6. The summed E-state index contributed by atoms with van der Waals surface area (Å²) in [5.41, 5.74) is 0. The van der Waals surface area contributed by atoms with Crippen LogP contribution in [0.4, 0.5) is 0 Å². The highest BCUT2D eigenvalue weighted by Gasteiger charge is 2.19. The van der Waals surface area contributed by atoms with E-state index in [9.17, 15) is 14.4 Å². The molecule has 6 nitrogen and oxygen atoms in total. The van der Waals surface area contributed by atoms with Crippen LogP contribution in [-0.2, 0) is 28.6 Å². The summed E-state index contributed by atoms with van der Waals surface area (Å²) in [4.78, 5) is 38.0. The van der Waals surface area contributed by atoms with Gasteiger partial charge in [-0.05, 0) is 89.9 Å². The Hall–Kier alpha value is -3.15. The summed E-state index contributed by atoms with van der Waals surface area (Å²) in [6.45, 7) is 6.54. The third-order valence-corrected chi connectivity index (χ3v) is 11.7. The molecule has 0 rings (SSSR count). The summed E-state index contributed by atoms with van der Waals surface area (Å²) < 4.78 is 16.8. The van der Waals surface area contributed by atoms with Gasteiger partial charge in [-0.2, -0.15) is 0 Å². The molecule has 0 aliphatic carbocycles. The number of rotatable bonds is 49. The molecule has 0 heterocycles. The van der Waals surface area contributed by atoms with Crippen molar-refractivity contribution in [3.05, 3.63) is 72.9 Å². The number of allylic oxidation sites excluding steroid dienone is 12. The Kier molecular flexibility index (Phi) is 50.9. The molecule has 0 aliphatic heterocycles. The van der Waals surface area contributed by atoms with Gasteiger partial charge in [0.05, 0.1) is 0 Å². The predicted octanol–water partition coefficient (Wildman–Crippen LogP) is 18.2. The summed E-state index contributed by atoms with van der Waals surface area (Å²) in [6.07, 6.45) is 67.5. The molecular formula is C59H102O6. The number of hydrogen-bond donors (Lipinski definition) is 0. The summed E-state index contributed by atoms with van der Waals surface area (Å²) in [5.74, 6) is -0.993. The van der Waals surface area contributed by atoms with E-state index in [1.807, 2.05) is 0 Å². The highest BCUT2D eigenvalue weighted by molar-refractivity contribution is 5.71. The molecule has 65 heavy (non-hydrogen) atoms. The van der Waals surface area contributed by atoms with Gasteiger partial charge in [0.25, 0.3) is 0 Å². The van der Waals surface area contributed by atoms with Crippen molar-refractivity contribution in [1.29, 1.82) is 0 Å². The van der Waals surface area contributed by atoms with Crippen molar-refractivity contribution in [2.45, 2.75) is 271 Å². The van der Waals surface area contributed by atoms with E-state index < -0.39 is 6.10 Å². The molecule has 0 saturated heterocycles. The lowest BCUT2D eigenvalue weighted by molar-refractivity contribution is -0.167. The largest absolute Gasteiger partial charge is 0.462 e. The SMILES string of the molecule is CCCCC/C=C\C/C=C\C/C=C\CCCCC(=O)OC[C@H](COC(=O)CCCCCCCCCCCCCCCCC)OC(=O)CCC/C=C\C/C=C\C/C=C\CCCCCCCC. The molecule has 0 bridgehead atoms. The molecule has 6 heteroatoms. The molecule has 0 fully saturated rings. The van der Waals surface area contributed by atoms with E-state index in [0.717, 1.165) is 70.6 Å². The van der Waals surface area contributed by atoms with Crippen molar-refractivity contribution < 1.29 is 28.6 Å². The molecule has 0 aromatic rings. The lowest BCUT2D eigenvalue weighted by Crippen LogP contribution is -2.30. The zero-order valence-electron chi connectivity index (χ0n) is 42.7. The fourth-order valence-corrected chi connectivity index (χ4v) is 7.52. The first-order valence-corrected chi connectivity index (χ1v) is 27.4. The maximum absolute atomic E-state index is 12.8. The van der Waals surface area contributed by atoms with Gasteiger partial charge in [-0.25, -0.2) is 0 Å². The zero-order chi connectivity index (χ0) is 47.2. The second-order valence-corrected chi connectivity index (χ2v) is 18.1. The minimum absolute atomic E-state index is 0.106. The van der Waals surface area contributed by atoms with E-state index in [1.165, 1.54) is 148 Å². The first-order valence-electron chi connectivity index (χ1n) is 27.4. The van der Waals surface area contributed by atoms with Crippen LogP contribution in [0, 0.1) is 0 Å². The summed E-state index contributed by atoms with van der Waals surface area (Å²) >= 11 is 0. The Morgan fingerprint density at radius 3 is 0.969 bits per heavy atom. The van der Waals surface area contributed by atoms with E-state index in [4.69, 9.17) is 14.2 Å². The monoisotopic (exact) mass is 907 g/mol. The Morgan fingerprint density at radius 1 is 0.308 bits per heavy atom. The molecule has 0 N–H and O–H groups in total. The lowest BCUT2D eigenvalue weighted by Gasteiger charge is -2.18. The number of esters is 3. The molecule has 0 aromatic carbocycles. The molecule has 0 saturated carbocycles. The van der Waals surface area contributed by atoms with E-state index >= 15 is 0 Å². The van der Waals surface area contributed by atoms with Gasteiger partial charge in [0.15, 0.2) is 6.10 Å². The van der Waals surface area contributed by atoms with Crippen molar-refractivity contribution in [2.24, 2.45) is 0 Å². The lowest BCUT2D eigenvalue weighted by atomic mass is 10.0. The Labute approximate surface area is 402 Å².